The van der Waals surface area contributed by atoms with E-state index in [4.69, 9.17) is 21.1 Å². The maximum absolute atomic E-state index is 12.8. The first kappa shape index (κ1) is 22.3. The van der Waals surface area contributed by atoms with Gasteiger partial charge in [0.05, 0.1) is 19.1 Å². The first-order valence-electron chi connectivity index (χ1n) is 8.84. The number of rotatable bonds is 7. The van der Waals surface area contributed by atoms with Gasteiger partial charge >= 0.3 is 0 Å². The van der Waals surface area contributed by atoms with E-state index in [9.17, 15) is 18.0 Å². The fourth-order valence-electron chi connectivity index (χ4n) is 2.64. The summed E-state index contributed by atoms with van der Waals surface area (Å²) in [7, 11) is -1.06. The third-order valence-electron chi connectivity index (χ3n) is 4.17. The van der Waals surface area contributed by atoms with Crippen LogP contribution in [0.5, 0.6) is 11.5 Å². The molecule has 0 spiro atoms. The largest absolute Gasteiger partial charge is 0.497 e. The minimum absolute atomic E-state index is 0.0393. The summed E-state index contributed by atoms with van der Waals surface area (Å²) in [6.07, 6.45) is 0. The van der Waals surface area contributed by atoms with E-state index in [1.54, 1.807) is 18.2 Å². The number of amides is 1. The lowest BCUT2D eigenvalue weighted by Gasteiger charge is -2.11. The molecule has 0 saturated heterocycles. The van der Waals surface area contributed by atoms with Crippen LogP contribution < -0.4 is 20.3 Å². The van der Waals surface area contributed by atoms with Crippen molar-refractivity contribution in [1.29, 1.82) is 0 Å². The van der Waals surface area contributed by atoms with Gasteiger partial charge in [0.2, 0.25) is 15.7 Å². The third kappa shape index (κ3) is 5.22. The number of carbonyl (C=O) groups excluding carboxylic acids is 1. The zero-order valence-electron chi connectivity index (χ0n) is 16.5. The summed E-state index contributed by atoms with van der Waals surface area (Å²) in [6.45, 7) is -0.498. The molecule has 0 unspecified atom stereocenters. The molecule has 0 aliphatic carbocycles. The molecular formula is C20H18ClN3O6S. The second-order valence-corrected chi connectivity index (χ2v) is 8.61. The Labute approximate surface area is 183 Å². The summed E-state index contributed by atoms with van der Waals surface area (Å²) in [5, 5.41) is 6.47. The van der Waals surface area contributed by atoms with Crippen LogP contribution in [0, 0.1) is 0 Å². The van der Waals surface area contributed by atoms with Crippen LogP contribution in [-0.2, 0) is 21.2 Å². The zero-order chi connectivity index (χ0) is 22.6. The lowest BCUT2D eigenvalue weighted by atomic mass is 10.2. The van der Waals surface area contributed by atoms with E-state index in [2.05, 4.69) is 10.4 Å². The number of methoxy groups -OCH3 is 2. The highest BCUT2D eigenvalue weighted by molar-refractivity contribution is 7.91. The zero-order valence-corrected chi connectivity index (χ0v) is 18.1. The summed E-state index contributed by atoms with van der Waals surface area (Å²) in [6, 6.07) is 12.4. The number of anilines is 1. The third-order valence-corrected chi connectivity index (χ3v) is 6.08. The number of benzene rings is 2. The number of halogens is 1. The van der Waals surface area contributed by atoms with Gasteiger partial charge in [0, 0.05) is 35.0 Å². The highest BCUT2D eigenvalue weighted by atomic mass is 35.5. The van der Waals surface area contributed by atoms with Crippen molar-refractivity contribution < 1.29 is 22.7 Å². The van der Waals surface area contributed by atoms with Crippen LogP contribution in [0.15, 0.2) is 69.3 Å². The second kappa shape index (κ2) is 9.19. The molecule has 0 saturated carbocycles. The lowest BCUT2D eigenvalue weighted by molar-refractivity contribution is -0.117. The summed E-state index contributed by atoms with van der Waals surface area (Å²) in [5.41, 5.74) is -0.257. The summed E-state index contributed by atoms with van der Waals surface area (Å²) in [4.78, 5) is 24.5. The minimum Gasteiger partial charge on any atom is -0.497 e. The second-order valence-electron chi connectivity index (χ2n) is 6.27. The van der Waals surface area contributed by atoms with Crippen molar-refractivity contribution >= 4 is 33.0 Å². The van der Waals surface area contributed by atoms with Gasteiger partial charge in [0.25, 0.3) is 5.56 Å². The smallest absolute Gasteiger partial charge is 0.267 e. The fourth-order valence-corrected chi connectivity index (χ4v) is 3.95. The Hall–Kier alpha value is -3.37. The normalized spacial score (nSPS) is 11.1. The van der Waals surface area contributed by atoms with Crippen LogP contribution in [0.4, 0.5) is 5.69 Å². The van der Waals surface area contributed by atoms with Crippen molar-refractivity contribution in [2.24, 2.45) is 0 Å². The minimum atomic E-state index is -4.00. The molecule has 0 bridgehead atoms. The molecular weight excluding hydrogens is 446 g/mol. The lowest BCUT2D eigenvalue weighted by Crippen LogP contribution is -2.30. The van der Waals surface area contributed by atoms with E-state index >= 15 is 0 Å². The average Bonchev–Trinajstić information content (AvgIpc) is 2.75. The Kier molecular flexibility index (Phi) is 6.62. The molecule has 0 atom stereocenters. The molecule has 3 rings (SSSR count). The molecule has 162 valence electrons. The number of aromatic nitrogens is 2. The Balaban J connectivity index is 1.85. The molecule has 0 radical (unpaired) electrons. The molecule has 1 N–H and O–H groups in total. The van der Waals surface area contributed by atoms with Crippen molar-refractivity contribution in [2.45, 2.75) is 16.5 Å². The van der Waals surface area contributed by atoms with Gasteiger partial charge < -0.3 is 14.8 Å². The van der Waals surface area contributed by atoms with Crippen LogP contribution >= 0.6 is 11.6 Å². The number of nitrogens with one attached hydrogen (secondary N) is 1. The molecule has 1 heterocycles. The van der Waals surface area contributed by atoms with Crippen LogP contribution in [0.3, 0.4) is 0 Å². The van der Waals surface area contributed by atoms with Gasteiger partial charge in [-0.2, -0.15) is 5.10 Å². The highest BCUT2D eigenvalue weighted by Gasteiger charge is 2.21. The molecule has 0 fully saturated rings. The van der Waals surface area contributed by atoms with Crippen molar-refractivity contribution in [3.05, 3.63) is 70.0 Å². The van der Waals surface area contributed by atoms with E-state index in [0.29, 0.717) is 22.2 Å². The Morgan fingerprint density at radius 1 is 1.03 bits per heavy atom. The molecule has 2 aromatic carbocycles. The van der Waals surface area contributed by atoms with Crippen molar-refractivity contribution in [2.75, 3.05) is 19.5 Å². The van der Waals surface area contributed by atoms with Gasteiger partial charge in [-0.1, -0.05) is 11.6 Å². The first-order chi connectivity index (χ1) is 14.7. The van der Waals surface area contributed by atoms with Gasteiger partial charge in [0.15, 0.2) is 5.03 Å². The number of sulfone groups is 1. The predicted molar refractivity (Wildman–Crippen MR) is 114 cm³/mol. The van der Waals surface area contributed by atoms with E-state index in [0.717, 1.165) is 16.8 Å². The summed E-state index contributed by atoms with van der Waals surface area (Å²) < 4.78 is 36.6. The van der Waals surface area contributed by atoms with E-state index < -0.39 is 27.8 Å². The number of carbonyl (C=O) groups is 1. The maximum Gasteiger partial charge on any atom is 0.267 e. The van der Waals surface area contributed by atoms with Gasteiger partial charge in [-0.25, -0.2) is 13.1 Å². The predicted octanol–water partition coefficient (Wildman–Crippen LogP) is 2.39. The first-order valence-corrected chi connectivity index (χ1v) is 10.7. The molecule has 1 aromatic heterocycles. The Bertz CT molecular complexity index is 1250. The van der Waals surface area contributed by atoms with Gasteiger partial charge in [0.1, 0.15) is 18.0 Å². The van der Waals surface area contributed by atoms with Gasteiger partial charge in [-0.05, 0) is 30.3 Å². The van der Waals surface area contributed by atoms with Crippen LogP contribution in [0.2, 0.25) is 5.02 Å². The summed E-state index contributed by atoms with van der Waals surface area (Å²) >= 11 is 5.80. The van der Waals surface area contributed by atoms with Crippen molar-refractivity contribution in [3.63, 3.8) is 0 Å². The number of nitrogens with zero attached hydrogens (tertiary/aromatic N) is 2. The molecule has 11 heteroatoms. The number of ether oxygens (including phenoxy) is 2. The number of hydrogen-bond acceptors (Lipinski definition) is 7. The SMILES string of the molecule is COc1cc(NC(=O)Cn2nc(S(=O)(=O)c3ccc(Cl)cc3)ccc2=O)cc(OC)c1. The topological polar surface area (TPSA) is 117 Å². The standard InChI is InChI=1S/C20H18ClN3O6S/c1-29-15-9-14(10-16(11-15)30-2)22-18(25)12-24-20(26)8-7-19(23-24)31(27,28)17-5-3-13(21)4-6-17/h3-11H,12H2,1-2H3,(H,22,25). The summed E-state index contributed by atoms with van der Waals surface area (Å²) in [5.74, 6) is 0.327. The van der Waals surface area contributed by atoms with Crippen LogP contribution in [0.1, 0.15) is 0 Å². The molecule has 31 heavy (non-hydrogen) atoms. The van der Waals surface area contributed by atoms with E-state index in [1.165, 1.54) is 38.5 Å². The fraction of sp³-hybridized carbons (Fsp3) is 0.150. The monoisotopic (exact) mass is 463 g/mol. The maximum atomic E-state index is 12.8. The van der Waals surface area contributed by atoms with Gasteiger partial charge in [-0.15, -0.1) is 0 Å². The van der Waals surface area contributed by atoms with Crippen molar-refractivity contribution in [3.8, 4) is 11.5 Å². The molecule has 1 amide bonds. The molecule has 3 aromatic rings. The number of hydrogen-bond donors (Lipinski definition) is 1. The highest BCUT2D eigenvalue weighted by Crippen LogP contribution is 2.25. The molecule has 0 aliphatic rings. The van der Waals surface area contributed by atoms with E-state index in [-0.39, 0.29) is 9.92 Å². The molecule has 9 nitrogen and oxygen atoms in total. The Morgan fingerprint density at radius 3 is 2.23 bits per heavy atom. The van der Waals surface area contributed by atoms with Crippen LogP contribution in [0.25, 0.3) is 0 Å². The van der Waals surface area contributed by atoms with E-state index in [1.807, 2.05) is 0 Å². The Morgan fingerprint density at radius 2 is 1.65 bits per heavy atom. The van der Waals surface area contributed by atoms with Crippen LogP contribution in [-0.4, -0.2) is 38.3 Å². The molecule has 0 aliphatic heterocycles. The van der Waals surface area contributed by atoms with Gasteiger partial charge in [-0.3, -0.25) is 9.59 Å². The quantitative estimate of drug-likeness (QED) is 0.571. The average molecular weight is 464 g/mol. The van der Waals surface area contributed by atoms with Crippen molar-refractivity contribution in [1.82, 2.24) is 9.78 Å².